The maximum Gasteiger partial charge on any atom is 0.184 e. The molecule has 90 valence electrons. The lowest BCUT2D eigenvalue weighted by molar-refractivity contribution is 0.291. The average Bonchev–Trinajstić information content (AvgIpc) is 2.28. The van der Waals surface area contributed by atoms with Gasteiger partial charge in [-0.25, -0.2) is 0 Å². The van der Waals surface area contributed by atoms with Gasteiger partial charge in [-0.2, -0.15) is 0 Å². The molecule has 1 aromatic rings. The highest BCUT2D eigenvalue weighted by Crippen LogP contribution is 2.27. The first-order valence-corrected chi connectivity index (χ1v) is 4.93. The van der Waals surface area contributed by atoms with Gasteiger partial charge in [0.1, 0.15) is 5.75 Å². The summed E-state index contributed by atoms with van der Waals surface area (Å²) in [6.45, 7) is 4.00. The van der Waals surface area contributed by atoms with Crippen LogP contribution in [0.25, 0.3) is 6.08 Å². The molecule has 0 spiro atoms. The van der Waals surface area contributed by atoms with Gasteiger partial charge in [-0.1, -0.05) is 13.8 Å². The van der Waals surface area contributed by atoms with Gasteiger partial charge in [-0.15, -0.1) is 0 Å². The van der Waals surface area contributed by atoms with E-state index in [1.165, 1.54) is 25.3 Å². The Bertz CT molecular complexity index is 376. The van der Waals surface area contributed by atoms with Gasteiger partial charge in [0.25, 0.3) is 0 Å². The molecule has 0 saturated heterocycles. The lowest BCUT2D eigenvalue weighted by Crippen LogP contribution is -2.00. The maximum atomic E-state index is 9.23. The van der Waals surface area contributed by atoms with E-state index in [2.05, 4.69) is 0 Å². The predicted molar refractivity (Wildman–Crippen MR) is 67.5 cm³/mol. The van der Waals surface area contributed by atoms with E-state index < -0.39 is 0 Å². The van der Waals surface area contributed by atoms with E-state index in [0.717, 1.165) is 0 Å². The molecule has 0 fully saturated rings. The van der Waals surface area contributed by atoms with E-state index in [9.17, 15) is 5.11 Å². The maximum absolute atomic E-state index is 9.23. The number of hydrogen-bond acceptors (Lipinski definition) is 5. The Hall–Kier alpha value is -2.04. The first kappa shape index (κ1) is 14.0. The van der Waals surface area contributed by atoms with Crippen molar-refractivity contribution in [1.82, 2.24) is 0 Å². The molecule has 0 amide bonds. The Morgan fingerprint density at radius 1 is 1.25 bits per heavy atom. The molecule has 0 bridgehead atoms. The van der Waals surface area contributed by atoms with Crippen LogP contribution in [0, 0.1) is 0 Å². The van der Waals surface area contributed by atoms with Gasteiger partial charge in [0.05, 0.1) is 12.8 Å². The van der Waals surface area contributed by atoms with Gasteiger partial charge in [0.15, 0.2) is 5.88 Å². The van der Waals surface area contributed by atoms with Crippen LogP contribution in [-0.4, -0.2) is 12.2 Å². The molecule has 16 heavy (non-hydrogen) atoms. The number of anilines is 2. The molecule has 1 rings (SSSR count). The minimum Gasteiger partial charge on any atom is -0.506 e. The normalized spacial score (nSPS) is 10.3. The summed E-state index contributed by atoms with van der Waals surface area (Å²) in [6.07, 6.45) is 1.53. The van der Waals surface area contributed by atoms with E-state index in [-0.39, 0.29) is 17.3 Å². The number of phenolic OH excluding ortho intramolecular Hbond substituents is 1. The fraction of sp³-hybridized carbons (Fsp3) is 0.273. The van der Waals surface area contributed by atoms with Crippen molar-refractivity contribution < 1.29 is 9.84 Å². The minimum absolute atomic E-state index is 0.0457. The van der Waals surface area contributed by atoms with E-state index in [1.807, 2.05) is 13.8 Å². The van der Waals surface area contributed by atoms with Crippen LogP contribution in [0.2, 0.25) is 0 Å². The highest BCUT2D eigenvalue weighted by molar-refractivity contribution is 5.73. The van der Waals surface area contributed by atoms with Crippen LogP contribution in [-0.2, 0) is 4.74 Å². The lowest BCUT2D eigenvalue weighted by Gasteiger charge is -2.05. The van der Waals surface area contributed by atoms with Crippen LogP contribution in [0.1, 0.15) is 19.4 Å². The van der Waals surface area contributed by atoms with Crippen LogP contribution in [0.5, 0.6) is 5.75 Å². The smallest absolute Gasteiger partial charge is 0.184 e. The van der Waals surface area contributed by atoms with E-state index >= 15 is 0 Å². The first-order valence-electron chi connectivity index (χ1n) is 4.93. The fourth-order valence-corrected chi connectivity index (χ4v) is 0.976. The third kappa shape index (κ3) is 3.61. The van der Waals surface area contributed by atoms with Gasteiger partial charge in [0.2, 0.25) is 0 Å². The molecule has 0 atom stereocenters. The van der Waals surface area contributed by atoms with Crippen molar-refractivity contribution in [2.45, 2.75) is 13.8 Å². The lowest BCUT2D eigenvalue weighted by atomic mass is 10.1. The summed E-state index contributed by atoms with van der Waals surface area (Å²) < 4.78 is 4.76. The molecule has 0 unspecified atom stereocenters. The molecule has 5 nitrogen and oxygen atoms in total. The molecule has 0 aliphatic heterocycles. The number of nitrogen functional groups attached to an aromatic ring is 2. The zero-order valence-corrected chi connectivity index (χ0v) is 9.82. The number of ether oxygens (including phenoxy) is 1. The molecule has 1 aromatic carbocycles. The average molecular weight is 225 g/mol. The summed E-state index contributed by atoms with van der Waals surface area (Å²) in [5.41, 5.74) is 17.8. The van der Waals surface area contributed by atoms with E-state index in [1.54, 1.807) is 0 Å². The number of methoxy groups -OCH3 is 1. The fourth-order valence-electron chi connectivity index (χ4n) is 0.976. The quantitative estimate of drug-likeness (QED) is 0.346. The molecule has 0 aromatic heterocycles. The zero-order chi connectivity index (χ0) is 12.7. The van der Waals surface area contributed by atoms with Crippen molar-refractivity contribution >= 4 is 17.5 Å². The standard InChI is InChI=1S/C9H13N3O2.C2H6/c1-14-9(12)3-5-2-7(11)8(13)4-6(5)10;1-2/h2-4,13H,10-12H2,1H3;1-2H3/b9-3+;. The highest BCUT2D eigenvalue weighted by atomic mass is 16.5. The van der Waals surface area contributed by atoms with Gasteiger partial charge < -0.3 is 27.0 Å². The second-order valence-corrected chi connectivity index (χ2v) is 2.79. The molecule has 7 N–H and O–H groups in total. The van der Waals surface area contributed by atoms with Gasteiger partial charge in [-0.3, -0.25) is 0 Å². The third-order valence-electron chi connectivity index (χ3n) is 1.77. The van der Waals surface area contributed by atoms with Crippen LogP contribution in [0.3, 0.4) is 0 Å². The summed E-state index contributed by atoms with van der Waals surface area (Å²) in [7, 11) is 1.45. The number of nitrogens with two attached hydrogens (primary N) is 3. The van der Waals surface area contributed by atoms with Crippen LogP contribution >= 0.6 is 0 Å². The summed E-state index contributed by atoms with van der Waals surface area (Å²) >= 11 is 0. The molecule has 0 aliphatic carbocycles. The Balaban J connectivity index is 0.00000106. The number of hydrogen-bond donors (Lipinski definition) is 4. The van der Waals surface area contributed by atoms with Crippen molar-refractivity contribution in [3.8, 4) is 5.75 Å². The van der Waals surface area contributed by atoms with Gasteiger partial charge in [-0.05, 0) is 6.07 Å². The largest absolute Gasteiger partial charge is 0.506 e. The highest BCUT2D eigenvalue weighted by Gasteiger charge is 2.03. The predicted octanol–water partition coefficient (Wildman–Crippen LogP) is 1.49. The Kier molecular flexibility index (Phi) is 5.62. The third-order valence-corrected chi connectivity index (χ3v) is 1.77. The summed E-state index contributed by atoms with van der Waals surface area (Å²) in [4.78, 5) is 0. The van der Waals surface area contributed by atoms with Gasteiger partial charge >= 0.3 is 0 Å². The molecule has 0 radical (unpaired) electrons. The topological polar surface area (TPSA) is 108 Å². The van der Waals surface area contributed by atoms with E-state index in [4.69, 9.17) is 21.9 Å². The van der Waals surface area contributed by atoms with Crippen LogP contribution < -0.4 is 17.2 Å². The van der Waals surface area contributed by atoms with Crippen LogP contribution in [0.4, 0.5) is 11.4 Å². The molecular formula is C11H19N3O2. The Morgan fingerprint density at radius 2 is 1.81 bits per heavy atom. The minimum atomic E-state index is -0.0457. The second kappa shape index (κ2) is 6.44. The zero-order valence-electron chi connectivity index (χ0n) is 9.82. The van der Waals surface area contributed by atoms with Crippen molar-refractivity contribution in [3.63, 3.8) is 0 Å². The SMILES string of the molecule is CC.CO/C(N)=C/c1cc(N)c(O)cc1N. The van der Waals surface area contributed by atoms with Gasteiger partial charge in [0, 0.05) is 23.4 Å². The van der Waals surface area contributed by atoms with Crippen molar-refractivity contribution in [1.29, 1.82) is 0 Å². The number of benzene rings is 1. The summed E-state index contributed by atoms with van der Waals surface area (Å²) in [5.74, 6) is 0.178. The summed E-state index contributed by atoms with van der Waals surface area (Å²) in [6, 6.07) is 2.89. The van der Waals surface area contributed by atoms with Crippen molar-refractivity contribution in [2.75, 3.05) is 18.6 Å². The molecule has 0 heterocycles. The first-order chi connectivity index (χ1) is 7.54. The number of rotatable bonds is 2. The monoisotopic (exact) mass is 225 g/mol. The van der Waals surface area contributed by atoms with Crippen molar-refractivity contribution in [3.05, 3.63) is 23.6 Å². The Labute approximate surface area is 95.5 Å². The Morgan fingerprint density at radius 3 is 2.31 bits per heavy atom. The van der Waals surface area contributed by atoms with Crippen molar-refractivity contribution in [2.24, 2.45) is 5.73 Å². The molecule has 5 heteroatoms. The molecule has 0 saturated carbocycles. The second-order valence-electron chi connectivity index (χ2n) is 2.79. The molecule has 0 aliphatic rings. The summed E-state index contributed by atoms with van der Waals surface area (Å²) in [5, 5.41) is 9.23. The molecular weight excluding hydrogens is 206 g/mol. The van der Waals surface area contributed by atoms with E-state index in [0.29, 0.717) is 11.3 Å². The number of phenols is 1. The number of aromatic hydroxyl groups is 1. The van der Waals surface area contributed by atoms with Crippen LogP contribution in [0.15, 0.2) is 18.0 Å².